The molecule has 0 aromatic heterocycles. The number of hydrogen-bond acceptors (Lipinski definition) is 4. The largest absolute Gasteiger partial charge is 0.496 e. The van der Waals surface area contributed by atoms with Gasteiger partial charge in [0.25, 0.3) is 0 Å². The van der Waals surface area contributed by atoms with Gasteiger partial charge < -0.3 is 10.5 Å². The van der Waals surface area contributed by atoms with Gasteiger partial charge in [0.1, 0.15) is 11.5 Å². The van der Waals surface area contributed by atoms with Gasteiger partial charge in [-0.25, -0.2) is 4.79 Å². The predicted octanol–water partition coefficient (Wildman–Crippen LogP) is 5.38. The molecule has 0 radical (unpaired) electrons. The second-order valence-electron chi connectivity index (χ2n) is 6.97. The normalized spacial score (nSPS) is 11.5. The Kier molecular flexibility index (Phi) is 6.72. The first-order valence-corrected chi connectivity index (χ1v) is 11.5. The minimum atomic E-state index is -0.945. The van der Waals surface area contributed by atoms with E-state index in [1.165, 1.54) is 9.79 Å². The summed E-state index contributed by atoms with van der Waals surface area (Å²) in [4.78, 5) is 18.7. The maximum Gasteiger partial charge on any atom is 0.430 e. The molecule has 32 heavy (non-hydrogen) atoms. The van der Waals surface area contributed by atoms with Crippen molar-refractivity contribution in [2.24, 2.45) is 10.9 Å². The number of primary amides is 1. The molecule has 0 fully saturated rings. The first kappa shape index (κ1) is 21.5. The van der Waals surface area contributed by atoms with Crippen LogP contribution in [0.15, 0.2) is 112 Å². The van der Waals surface area contributed by atoms with Crippen molar-refractivity contribution in [3.8, 4) is 5.75 Å². The average Bonchev–Trinajstić information content (AvgIpc) is 2.84. The number of fused-ring (bicyclic) bond motifs is 1. The standard InChI is InChI=1S/C26H22N2O3S/c1-30-25-17-16-22(21-14-8-9-15-23(21)25)24(28-31-26(27)29)18-32(19-10-4-2-5-11-19)20-12-6-3-7-13-20/h2-17H,18H2,1H3,(H-,27,29)/p+1. The quantitative estimate of drug-likeness (QED) is 0.180. The van der Waals surface area contributed by atoms with Crippen molar-refractivity contribution in [1.82, 2.24) is 0 Å². The van der Waals surface area contributed by atoms with Crippen LogP contribution in [0.2, 0.25) is 0 Å². The summed E-state index contributed by atoms with van der Waals surface area (Å²) in [6, 6.07) is 32.3. The Hall–Kier alpha value is -3.77. The highest BCUT2D eigenvalue weighted by Gasteiger charge is 2.29. The lowest BCUT2D eigenvalue weighted by Crippen LogP contribution is -2.20. The molecule has 0 bridgehead atoms. The van der Waals surface area contributed by atoms with Crippen LogP contribution >= 0.6 is 0 Å². The number of ether oxygens (including phenoxy) is 1. The minimum absolute atomic E-state index is 0.341. The third-order valence-corrected chi connectivity index (χ3v) is 7.24. The van der Waals surface area contributed by atoms with Crippen LogP contribution < -0.4 is 10.5 Å². The third-order valence-electron chi connectivity index (χ3n) is 5.00. The van der Waals surface area contributed by atoms with Crippen molar-refractivity contribution in [2.45, 2.75) is 9.79 Å². The molecular formula is C26H23N2O3S+. The number of carbonyl (C=O) groups is 1. The number of oxime groups is 1. The average molecular weight is 444 g/mol. The van der Waals surface area contributed by atoms with Gasteiger partial charge in [-0.3, -0.25) is 4.84 Å². The molecule has 6 heteroatoms. The van der Waals surface area contributed by atoms with Gasteiger partial charge >= 0.3 is 6.09 Å². The summed E-state index contributed by atoms with van der Waals surface area (Å²) in [5.41, 5.74) is 6.75. The van der Waals surface area contributed by atoms with Gasteiger partial charge in [-0.1, -0.05) is 65.8 Å². The second kappa shape index (κ2) is 10.0. The lowest BCUT2D eigenvalue weighted by atomic mass is 10.0. The second-order valence-corrected chi connectivity index (χ2v) is 8.98. The lowest BCUT2D eigenvalue weighted by Gasteiger charge is -2.13. The van der Waals surface area contributed by atoms with Crippen molar-refractivity contribution < 1.29 is 14.4 Å². The summed E-state index contributed by atoms with van der Waals surface area (Å²) < 4.78 is 5.54. The fourth-order valence-electron chi connectivity index (χ4n) is 3.56. The number of nitrogens with two attached hydrogens (primary N) is 1. The molecule has 1 amide bonds. The Morgan fingerprint density at radius 1 is 0.812 bits per heavy atom. The van der Waals surface area contributed by atoms with Crippen molar-refractivity contribution in [3.05, 3.63) is 103 Å². The molecule has 0 atom stereocenters. The highest BCUT2D eigenvalue weighted by molar-refractivity contribution is 7.97. The molecule has 5 nitrogen and oxygen atoms in total. The summed E-state index contributed by atoms with van der Waals surface area (Å²) in [6.45, 7) is 0. The number of carbonyl (C=O) groups excluding carboxylic acids is 1. The van der Waals surface area contributed by atoms with E-state index in [0.29, 0.717) is 11.5 Å². The third kappa shape index (κ3) is 4.76. The van der Waals surface area contributed by atoms with Gasteiger partial charge in [0, 0.05) is 10.9 Å². The Morgan fingerprint density at radius 2 is 1.38 bits per heavy atom. The summed E-state index contributed by atoms with van der Waals surface area (Å²) >= 11 is 0. The molecule has 0 saturated heterocycles. The Balaban J connectivity index is 1.85. The monoisotopic (exact) mass is 443 g/mol. The molecule has 0 aliphatic rings. The van der Waals surface area contributed by atoms with Crippen molar-refractivity contribution in [1.29, 1.82) is 0 Å². The lowest BCUT2D eigenvalue weighted by molar-refractivity contribution is 0.161. The molecule has 4 aromatic rings. The van der Waals surface area contributed by atoms with Crippen LogP contribution in [0.25, 0.3) is 10.8 Å². The minimum Gasteiger partial charge on any atom is -0.496 e. The van der Waals surface area contributed by atoms with Crippen LogP contribution in [-0.4, -0.2) is 24.7 Å². The number of hydrogen-bond donors (Lipinski definition) is 1. The van der Waals surface area contributed by atoms with Gasteiger partial charge in [-0.2, -0.15) is 0 Å². The molecule has 0 spiro atoms. The van der Waals surface area contributed by atoms with Crippen LogP contribution in [0.4, 0.5) is 4.79 Å². The van der Waals surface area contributed by atoms with Crippen molar-refractivity contribution in [3.63, 3.8) is 0 Å². The zero-order valence-corrected chi connectivity index (χ0v) is 18.4. The maximum atomic E-state index is 11.4. The van der Waals surface area contributed by atoms with E-state index in [2.05, 4.69) is 29.4 Å². The van der Waals surface area contributed by atoms with Crippen LogP contribution in [0.5, 0.6) is 5.75 Å². The highest BCUT2D eigenvalue weighted by Crippen LogP contribution is 2.31. The number of rotatable bonds is 7. The van der Waals surface area contributed by atoms with E-state index >= 15 is 0 Å². The van der Waals surface area contributed by atoms with E-state index in [1.807, 2.05) is 72.8 Å². The van der Waals surface area contributed by atoms with E-state index in [9.17, 15) is 4.79 Å². The highest BCUT2D eigenvalue weighted by atomic mass is 32.2. The summed E-state index contributed by atoms with van der Waals surface area (Å²) in [6.07, 6.45) is -0.945. The molecule has 160 valence electrons. The summed E-state index contributed by atoms with van der Waals surface area (Å²) in [5.74, 6) is 1.31. The van der Waals surface area contributed by atoms with Crippen molar-refractivity contribution in [2.75, 3.05) is 12.9 Å². The van der Waals surface area contributed by atoms with E-state index in [4.69, 9.17) is 15.3 Å². The summed E-state index contributed by atoms with van der Waals surface area (Å²) in [5, 5.41) is 6.12. The number of nitrogens with zero attached hydrogens (tertiary/aromatic N) is 1. The zero-order valence-electron chi connectivity index (χ0n) is 17.6. The molecule has 0 unspecified atom stereocenters. The Bertz CT molecular complexity index is 1200. The first-order valence-electron chi connectivity index (χ1n) is 10.1. The molecular weight excluding hydrogens is 420 g/mol. The van der Waals surface area contributed by atoms with E-state index in [-0.39, 0.29) is 10.9 Å². The topological polar surface area (TPSA) is 73.9 Å². The maximum absolute atomic E-state index is 11.4. The number of methoxy groups -OCH3 is 1. The van der Waals surface area contributed by atoms with Gasteiger partial charge in [0.2, 0.25) is 0 Å². The molecule has 0 aliphatic carbocycles. The van der Waals surface area contributed by atoms with Crippen LogP contribution in [0.3, 0.4) is 0 Å². The Labute approximate surface area is 189 Å². The number of amides is 1. The molecule has 4 rings (SSSR count). The molecule has 0 heterocycles. The van der Waals surface area contributed by atoms with Crippen LogP contribution in [0, 0.1) is 0 Å². The van der Waals surface area contributed by atoms with Crippen molar-refractivity contribution >= 4 is 33.5 Å². The fraction of sp³-hybridized carbons (Fsp3) is 0.0769. The van der Waals surface area contributed by atoms with E-state index in [0.717, 1.165) is 22.1 Å². The predicted molar refractivity (Wildman–Crippen MR) is 129 cm³/mol. The molecule has 0 aliphatic heterocycles. The summed E-state index contributed by atoms with van der Waals surface area (Å²) in [7, 11) is 1.31. The molecule has 2 N–H and O–H groups in total. The van der Waals surface area contributed by atoms with E-state index < -0.39 is 6.09 Å². The van der Waals surface area contributed by atoms with Gasteiger partial charge in [-0.15, -0.1) is 0 Å². The van der Waals surface area contributed by atoms with Crippen LogP contribution in [-0.2, 0) is 15.7 Å². The van der Waals surface area contributed by atoms with Gasteiger partial charge in [0.05, 0.1) is 18.0 Å². The first-order chi connectivity index (χ1) is 15.7. The van der Waals surface area contributed by atoms with Crippen LogP contribution in [0.1, 0.15) is 5.56 Å². The van der Waals surface area contributed by atoms with Gasteiger partial charge in [0.15, 0.2) is 15.5 Å². The zero-order chi connectivity index (χ0) is 22.3. The number of benzene rings is 4. The Morgan fingerprint density at radius 3 is 1.94 bits per heavy atom. The molecule has 4 aromatic carbocycles. The SMILES string of the molecule is COc1ccc(C(C[S+](c2ccccc2)c2ccccc2)=NOC(N)=O)c2ccccc12. The molecule has 0 saturated carbocycles. The fourth-order valence-corrected chi connectivity index (χ4v) is 5.62. The van der Waals surface area contributed by atoms with E-state index in [1.54, 1.807) is 7.11 Å². The smallest absolute Gasteiger partial charge is 0.430 e. The van der Waals surface area contributed by atoms with Gasteiger partial charge in [-0.05, 0) is 41.8 Å².